The van der Waals surface area contributed by atoms with Gasteiger partial charge in [-0.2, -0.15) is 0 Å². The first-order valence-corrected chi connectivity index (χ1v) is 6.82. The lowest BCUT2D eigenvalue weighted by Gasteiger charge is -2.31. The number of rotatable bonds is 3. The summed E-state index contributed by atoms with van der Waals surface area (Å²) < 4.78 is 0. The molecule has 0 bridgehead atoms. The molecule has 1 saturated heterocycles. The molecular formula is C14H18N2O2S. The zero-order valence-corrected chi connectivity index (χ0v) is 11.5. The lowest BCUT2D eigenvalue weighted by atomic mass is 9.97. The van der Waals surface area contributed by atoms with Crippen LogP contribution in [0.2, 0.25) is 0 Å². The lowest BCUT2D eigenvalue weighted by Crippen LogP contribution is -2.39. The van der Waals surface area contributed by atoms with Crippen LogP contribution in [-0.4, -0.2) is 40.6 Å². The molecule has 4 nitrogen and oxygen atoms in total. The van der Waals surface area contributed by atoms with E-state index in [1.165, 1.54) is 0 Å². The van der Waals surface area contributed by atoms with Crippen molar-refractivity contribution in [3.8, 4) is 0 Å². The van der Waals surface area contributed by atoms with E-state index < -0.39 is 0 Å². The number of carbonyl (C=O) groups is 1. The van der Waals surface area contributed by atoms with Crippen molar-refractivity contribution in [1.29, 1.82) is 0 Å². The zero-order valence-electron chi connectivity index (χ0n) is 10.7. The summed E-state index contributed by atoms with van der Waals surface area (Å²) in [6.45, 7) is 1.60. The third-order valence-electron chi connectivity index (χ3n) is 3.55. The minimum absolute atomic E-state index is 0.00879. The largest absolute Gasteiger partial charge is 0.396 e. The minimum Gasteiger partial charge on any atom is -0.396 e. The second-order valence-electron chi connectivity index (χ2n) is 4.86. The predicted octanol–water partition coefficient (Wildman–Crippen LogP) is 1.17. The molecule has 0 saturated carbocycles. The molecule has 102 valence electrons. The van der Waals surface area contributed by atoms with E-state index in [1.807, 2.05) is 4.90 Å². The SMILES string of the molecule is NC(=S)c1cccc(C(=O)N2CCC(CO)CC2)c1. The van der Waals surface area contributed by atoms with Gasteiger partial charge in [-0.05, 0) is 30.9 Å². The Bertz CT molecular complexity index is 482. The number of carbonyl (C=O) groups excluding carboxylic acids is 1. The highest BCUT2D eigenvalue weighted by atomic mass is 32.1. The number of thiocarbonyl (C=S) groups is 1. The van der Waals surface area contributed by atoms with E-state index in [2.05, 4.69) is 0 Å². The zero-order chi connectivity index (χ0) is 13.8. The van der Waals surface area contributed by atoms with Crippen molar-refractivity contribution in [2.75, 3.05) is 19.7 Å². The van der Waals surface area contributed by atoms with Gasteiger partial charge in [0.2, 0.25) is 0 Å². The van der Waals surface area contributed by atoms with Gasteiger partial charge in [-0.25, -0.2) is 0 Å². The molecule has 1 heterocycles. The molecule has 1 aromatic carbocycles. The molecule has 1 aromatic rings. The number of aliphatic hydroxyl groups is 1. The molecule has 5 heteroatoms. The van der Waals surface area contributed by atoms with E-state index in [1.54, 1.807) is 24.3 Å². The van der Waals surface area contributed by atoms with E-state index in [-0.39, 0.29) is 12.5 Å². The van der Waals surface area contributed by atoms with Crippen molar-refractivity contribution in [3.05, 3.63) is 35.4 Å². The van der Waals surface area contributed by atoms with E-state index in [0.717, 1.165) is 12.8 Å². The number of amides is 1. The van der Waals surface area contributed by atoms with Gasteiger partial charge in [0.25, 0.3) is 5.91 Å². The van der Waals surface area contributed by atoms with E-state index in [9.17, 15) is 4.79 Å². The Kier molecular flexibility index (Phi) is 4.50. The highest BCUT2D eigenvalue weighted by molar-refractivity contribution is 7.80. The second kappa shape index (κ2) is 6.12. The third kappa shape index (κ3) is 3.30. The molecule has 0 radical (unpaired) electrons. The van der Waals surface area contributed by atoms with Gasteiger partial charge < -0.3 is 15.7 Å². The van der Waals surface area contributed by atoms with Crippen LogP contribution in [0.5, 0.6) is 0 Å². The molecule has 0 unspecified atom stereocenters. The molecule has 0 atom stereocenters. The van der Waals surface area contributed by atoms with E-state index in [4.69, 9.17) is 23.1 Å². The van der Waals surface area contributed by atoms with E-state index >= 15 is 0 Å². The maximum absolute atomic E-state index is 12.3. The summed E-state index contributed by atoms with van der Waals surface area (Å²) in [5.74, 6) is 0.335. The maximum atomic E-state index is 12.3. The number of aliphatic hydroxyl groups excluding tert-OH is 1. The van der Waals surface area contributed by atoms with Gasteiger partial charge in [-0.15, -0.1) is 0 Å². The topological polar surface area (TPSA) is 66.6 Å². The number of hydrogen-bond acceptors (Lipinski definition) is 3. The van der Waals surface area contributed by atoms with Gasteiger partial charge in [0.05, 0.1) is 0 Å². The van der Waals surface area contributed by atoms with Crippen molar-refractivity contribution < 1.29 is 9.90 Å². The quantitative estimate of drug-likeness (QED) is 0.814. The van der Waals surface area contributed by atoms with Crippen molar-refractivity contribution in [2.45, 2.75) is 12.8 Å². The van der Waals surface area contributed by atoms with Crippen LogP contribution in [-0.2, 0) is 0 Å². The molecule has 3 N–H and O–H groups in total. The fourth-order valence-corrected chi connectivity index (χ4v) is 2.43. The Morgan fingerprint density at radius 3 is 2.58 bits per heavy atom. The number of nitrogens with two attached hydrogens (primary N) is 1. The highest BCUT2D eigenvalue weighted by Crippen LogP contribution is 2.18. The first kappa shape index (κ1) is 14.0. The highest BCUT2D eigenvalue weighted by Gasteiger charge is 2.23. The maximum Gasteiger partial charge on any atom is 0.253 e. The molecule has 1 aliphatic rings. The number of nitrogens with zero attached hydrogens (tertiary/aromatic N) is 1. The van der Waals surface area contributed by atoms with Crippen LogP contribution in [0.25, 0.3) is 0 Å². The fraction of sp³-hybridized carbons (Fsp3) is 0.429. The second-order valence-corrected chi connectivity index (χ2v) is 5.30. The van der Waals surface area contributed by atoms with Crippen molar-refractivity contribution in [1.82, 2.24) is 4.90 Å². The molecule has 0 aromatic heterocycles. The van der Waals surface area contributed by atoms with E-state index in [0.29, 0.717) is 35.1 Å². The van der Waals surface area contributed by atoms with Crippen LogP contribution >= 0.6 is 12.2 Å². The van der Waals surface area contributed by atoms with Gasteiger partial charge in [0.1, 0.15) is 4.99 Å². The average molecular weight is 278 g/mol. The van der Waals surface area contributed by atoms with Gasteiger partial charge in [0, 0.05) is 30.8 Å². The molecule has 2 rings (SSSR count). The van der Waals surface area contributed by atoms with Gasteiger partial charge in [0.15, 0.2) is 0 Å². The summed E-state index contributed by atoms with van der Waals surface area (Å²) in [6.07, 6.45) is 1.72. The van der Waals surface area contributed by atoms with Crippen LogP contribution in [0.1, 0.15) is 28.8 Å². The van der Waals surface area contributed by atoms with Crippen LogP contribution < -0.4 is 5.73 Å². The molecule has 1 aliphatic heterocycles. The molecule has 1 fully saturated rings. The summed E-state index contributed by atoms with van der Waals surface area (Å²) >= 11 is 4.92. The van der Waals surface area contributed by atoms with Gasteiger partial charge >= 0.3 is 0 Å². The van der Waals surface area contributed by atoms with Crippen molar-refractivity contribution in [2.24, 2.45) is 11.7 Å². The lowest BCUT2D eigenvalue weighted by molar-refractivity contribution is 0.0651. The summed E-state index contributed by atoms with van der Waals surface area (Å²) in [5, 5.41) is 9.10. The molecule has 0 spiro atoms. The summed E-state index contributed by atoms with van der Waals surface area (Å²) in [7, 11) is 0. The Morgan fingerprint density at radius 1 is 1.37 bits per heavy atom. The van der Waals surface area contributed by atoms with Crippen LogP contribution in [0, 0.1) is 5.92 Å². The molecular weight excluding hydrogens is 260 g/mol. The third-order valence-corrected chi connectivity index (χ3v) is 3.79. The average Bonchev–Trinajstić information content (AvgIpc) is 2.46. The first-order chi connectivity index (χ1) is 9.11. The molecule has 19 heavy (non-hydrogen) atoms. The van der Waals surface area contributed by atoms with Crippen LogP contribution in [0.4, 0.5) is 0 Å². The smallest absolute Gasteiger partial charge is 0.253 e. The number of hydrogen-bond donors (Lipinski definition) is 2. The minimum atomic E-state index is 0.00879. The normalized spacial score (nSPS) is 16.4. The monoisotopic (exact) mass is 278 g/mol. The standard InChI is InChI=1S/C14H18N2O2S/c15-13(19)11-2-1-3-12(8-11)14(18)16-6-4-10(9-17)5-7-16/h1-3,8,10,17H,4-7,9H2,(H2,15,19). The Balaban J connectivity index is 2.08. The van der Waals surface area contributed by atoms with Crippen LogP contribution in [0.3, 0.4) is 0 Å². The van der Waals surface area contributed by atoms with Gasteiger partial charge in [-0.1, -0.05) is 24.4 Å². The van der Waals surface area contributed by atoms with Crippen molar-refractivity contribution in [3.63, 3.8) is 0 Å². The number of likely N-dealkylation sites (tertiary alicyclic amines) is 1. The summed E-state index contributed by atoms with van der Waals surface area (Å²) in [5.41, 5.74) is 6.91. The Morgan fingerprint density at radius 2 is 2.00 bits per heavy atom. The summed E-state index contributed by atoms with van der Waals surface area (Å²) in [4.78, 5) is 14.5. The first-order valence-electron chi connectivity index (χ1n) is 6.42. The number of benzene rings is 1. The number of piperidine rings is 1. The summed E-state index contributed by atoms with van der Waals surface area (Å²) in [6, 6.07) is 7.12. The molecule has 1 amide bonds. The van der Waals surface area contributed by atoms with Crippen molar-refractivity contribution >= 4 is 23.1 Å². The fourth-order valence-electron chi connectivity index (χ4n) is 2.31. The predicted molar refractivity (Wildman–Crippen MR) is 78.0 cm³/mol. The molecule has 0 aliphatic carbocycles. The van der Waals surface area contributed by atoms with Crippen LogP contribution in [0.15, 0.2) is 24.3 Å². The Hall–Kier alpha value is -1.46. The Labute approximate surface area is 118 Å². The van der Waals surface area contributed by atoms with Gasteiger partial charge in [-0.3, -0.25) is 4.79 Å².